The van der Waals surface area contributed by atoms with E-state index < -0.39 is 27.9 Å². The van der Waals surface area contributed by atoms with Crippen LogP contribution < -0.4 is 15.4 Å². The molecular formula is C26H26ClN3O6S2. The number of benzene rings is 2. The van der Waals surface area contributed by atoms with Crippen LogP contribution in [0.1, 0.15) is 57.3 Å². The largest absolute Gasteiger partial charge is 0.450 e. The zero-order valence-corrected chi connectivity index (χ0v) is 22.9. The van der Waals surface area contributed by atoms with Crippen molar-refractivity contribution >= 4 is 61.6 Å². The Hall–Kier alpha value is -3.41. The lowest BCUT2D eigenvalue weighted by Gasteiger charge is -2.11. The molecule has 3 N–H and O–H groups in total. The number of fused-ring (bicyclic) bond motifs is 1. The van der Waals surface area contributed by atoms with Gasteiger partial charge in [0.05, 0.1) is 17.1 Å². The van der Waals surface area contributed by atoms with Crippen molar-refractivity contribution in [3.63, 3.8) is 0 Å². The van der Waals surface area contributed by atoms with Gasteiger partial charge in [-0.3, -0.25) is 19.6 Å². The molecule has 3 aromatic rings. The molecule has 0 aliphatic heterocycles. The molecule has 1 aliphatic carbocycles. The molecule has 4 rings (SSSR count). The average molecular weight is 576 g/mol. The molecule has 0 spiro atoms. The standard InChI is InChI=1S/C26H26ClN3O6S2/c1-2-36-26(33)29-24(32)22-20-9-4-3-5-10-21(20)37-25(22)28-23(31)16-7-6-8-18(15-16)30-38(34,35)19-13-11-17(27)12-14-19/h6-8,11-15,30H,2-5,9-10H2,1H3,(H,28,31)(H,29,32,33). The summed E-state index contributed by atoms with van der Waals surface area (Å²) in [5.41, 5.74) is 1.46. The quantitative estimate of drug-likeness (QED) is 0.314. The molecule has 0 bridgehead atoms. The molecule has 1 aromatic heterocycles. The molecule has 0 saturated heterocycles. The Morgan fingerprint density at radius 1 is 1.00 bits per heavy atom. The van der Waals surface area contributed by atoms with Crippen molar-refractivity contribution in [2.24, 2.45) is 0 Å². The Morgan fingerprint density at radius 2 is 1.74 bits per heavy atom. The average Bonchev–Trinajstić information content (AvgIpc) is 3.04. The van der Waals surface area contributed by atoms with Crippen molar-refractivity contribution in [2.75, 3.05) is 16.6 Å². The molecular weight excluding hydrogens is 550 g/mol. The van der Waals surface area contributed by atoms with Crippen molar-refractivity contribution in [3.8, 4) is 0 Å². The predicted molar refractivity (Wildman–Crippen MR) is 147 cm³/mol. The maximum atomic E-state index is 13.2. The zero-order chi connectivity index (χ0) is 27.3. The number of aryl methyl sites for hydroxylation is 1. The number of imide groups is 1. The number of halogens is 1. The minimum absolute atomic E-state index is 0.0223. The first kappa shape index (κ1) is 27.6. The number of carbonyl (C=O) groups excluding carboxylic acids is 3. The molecule has 0 unspecified atom stereocenters. The van der Waals surface area contributed by atoms with E-state index in [9.17, 15) is 22.8 Å². The van der Waals surface area contributed by atoms with Crippen LogP contribution >= 0.6 is 22.9 Å². The number of amides is 3. The Kier molecular flexibility index (Phi) is 8.70. The SMILES string of the molecule is CCOC(=O)NC(=O)c1c(NC(=O)c2cccc(NS(=O)(=O)c3ccc(Cl)cc3)c2)sc2c1CCCCC2. The second kappa shape index (κ2) is 12.0. The van der Waals surface area contributed by atoms with Crippen LogP contribution in [-0.4, -0.2) is 32.9 Å². The third-order valence-corrected chi connectivity index (χ3v) is 8.72. The summed E-state index contributed by atoms with van der Waals surface area (Å²) in [6.07, 6.45) is 3.47. The number of thiophene rings is 1. The summed E-state index contributed by atoms with van der Waals surface area (Å²) in [7, 11) is -3.91. The molecule has 9 nitrogen and oxygen atoms in total. The molecule has 0 fully saturated rings. The van der Waals surface area contributed by atoms with Crippen LogP contribution in [0.15, 0.2) is 53.4 Å². The van der Waals surface area contributed by atoms with Gasteiger partial charge in [0.15, 0.2) is 0 Å². The van der Waals surface area contributed by atoms with Gasteiger partial charge in [-0.05, 0) is 80.6 Å². The lowest BCUT2D eigenvalue weighted by atomic mass is 10.0. The highest BCUT2D eigenvalue weighted by Gasteiger charge is 2.27. The summed E-state index contributed by atoms with van der Waals surface area (Å²) >= 11 is 7.16. The number of carbonyl (C=O) groups is 3. The van der Waals surface area contributed by atoms with Crippen LogP contribution in [0.25, 0.3) is 0 Å². The maximum absolute atomic E-state index is 13.2. The predicted octanol–water partition coefficient (Wildman–Crippen LogP) is 5.61. The van der Waals surface area contributed by atoms with Gasteiger partial charge in [-0.2, -0.15) is 0 Å². The van der Waals surface area contributed by atoms with E-state index in [0.717, 1.165) is 36.1 Å². The highest BCUT2D eigenvalue weighted by atomic mass is 35.5. The minimum atomic E-state index is -3.91. The van der Waals surface area contributed by atoms with Gasteiger partial charge in [0.25, 0.3) is 21.8 Å². The van der Waals surface area contributed by atoms with Crippen LogP contribution in [0.2, 0.25) is 5.02 Å². The molecule has 1 heterocycles. The summed E-state index contributed by atoms with van der Waals surface area (Å²) in [4.78, 5) is 39.2. The van der Waals surface area contributed by atoms with Gasteiger partial charge in [0.2, 0.25) is 0 Å². The Labute approximate surface area is 229 Å². The summed E-state index contributed by atoms with van der Waals surface area (Å²) < 4.78 is 32.8. The number of anilines is 2. The normalized spacial score (nSPS) is 13.1. The lowest BCUT2D eigenvalue weighted by molar-refractivity contribution is 0.0925. The van der Waals surface area contributed by atoms with Crippen molar-refractivity contribution in [2.45, 2.75) is 43.9 Å². The van der Waals surface area contributed by atoms with E-state index in [2.05, 4.69) is 15.4 Å². The van der Waals surface area contributed by atoms with Gasteiger partial charge in [0, 0.05) is 21.2 Å². The third kappa shape index (κ3) is 6.53. The smallest absolute Gasteiger partial charge is 0.414 e. The van der Waals surface area contributed by atoms with E-state index in [1.54, 1.807) is 13.0 Å². The molecule has 2 aromatic carbocycles. The summed E-state index contributed by atoms with van der Waals surface area (Å²) in [5, 5.41) is 5.76. The molecule has 12 heteroatoms. The van der Waals surface area contributed by atoms with Crippen LogP contribution in [-0.2, 0) is 27.6 Å². The number of nitrogens with one attached hydrogen (secondary N) is 3. The van der Waals surface area contributed by atoms with Gasteiger partial charge in [-0.1, -0.05) is 24.1 Å². The molecule has 0 atom stereocenters. The molecule has 1 aliphatic rings. The van der Waals surface area contributed by atoms with Gasteiger partial charge in [0.1, 0.15) is 5.00 Å². The van der Waals surface area contributed by atoms with Crippen LogP contribution in [0, 0.1) is 0 Å². The van der Waals surface area contributed by atoms with Crippen LogP contribution in [0.4, 0.5) is 15.5 Å². The second-order valence-corrected chi connectivity index (χ2v) is 11.8. The zero-order valence-electron chi connectivity index (χ0n) is 20.5. The Bertz CT molecular complexity index is 1470. The van der Waals surface area contributed by atoms with Crippen LogP contribution in [0.3, 0.4) is 0 Å². The van der Waals surface area contributed by atoms with Gasteiger partial charge < -0.3 is 10.1 Å². The van der Waals surface area contributed by atoms with Gasteiger partial charge in [-0.25, -0.2) is 13.2 Å². The third-order valence-electron chi connectivity index (χ3n) is 5.87. The number of ether oxygens (including phenoxy) is 1. The van der Waals surface area contributed by atoms with E-state index in [-0.39, 0.29) is 28.3 Å². The Morgan fingerprint density at radius 3 is 2.47 bits per heavy atom. The number of hydrogen-bond donors (Lipinski definition) is 3. The van der Waals surface area contributed by atoms with Gasteiger partial charge in [-0.15, -0.1) is 11.3 Å². The fourth-order valence-electron chi connectivity index (χ4n) is 4.12. The highest BCUT2D eigenvalue weighted by Crippen LogP contribution is 2.38. The van der Waals surface area contributed by atoms with E-state index >= 15 is 0 Å². The van der Waals surface area contributed by atoms with Crippen molar-refractivity contribution in [3.05, 3.63) is 75.1 Å². The Balaban J connectivity index is 1.58. The monoisotopic (exact) mass is 575 g/mol. The number of rotatable bonds is 7. The van der Waals surface area contributed by atoms with E-state index in [0.29, 0.717) is 16.4 Å². The molecule has 38 heavy (non-hydrogen) atoms. The number of hydrogen-bond acceptors (Lipinski definition) is 7. The molecule has 0 saturated carbocycles. The number of sulfonamides is 1. The second-order valence-electron chi connectivity index (χ2n) is 8.54. The molecule has 200 valence electrons. The van der Waals surface area contributed by atoms with E-state index in [1.165, 1.54) is 53.8 Å². The van der Waals surface area contributed by atoms with E-state index in [4.69, 9.17) is 16.3 Å². The minimum Gasteiger partial charge on any atom is -0.450 e. The summed E-state index contributed by atoms with van der Waals surface area (Å²) in [6.45, 7) is 1.75. The molecule has 3 amide bonds. The van der Waals surface area contributed by atoms with E-state index in [1.807, 2.05) is 0 Å². The maximum Gasteiger partial charge on any atom is 0.414 e. The topological polar surface area (TPSA) is 131 Å². The first-order valence-electron chi connectivity index (χ1n) is 12.0. The summed E-state index contributed by atoms with van der Waals surface area (Å²) in [6, 6.07) is 11.7. The highest BCUT2D eigenvalue weighted by molar-refractivity contribution is 7.92. The first-order valence-corrected chi connectivity index (χ1v) is 14.7. The number of alkyl carbamates (subject to hydrolysis) is 1. The van der Waals surface area contributed by atoms with Crippen molar-refractivity contribution in [1.29, 1.82) is 0 Å². The first-order chi connectivity index (χ1) is 18.2. The fraction of sp³-hybridized carbons (Fsp3) is 0.269. The van der Waals surface area contributed by atoms with Crippen molar-refractivity contribution in [1.82, 2.24) is 5.32 Å². The lowest BCUT2D eigenvalue weighted by Crippen LogP contribution is -2.32. The fourth-order valence-corrected chi connectivity index (χ4v) is 6.58. The molecule has 0 radical (unpaired) electrons. The van der Waals surface area contributed by atoms with Crippen LogP contribution in [0.5, 0.6) is 0 Å². The van der Waals surface area contributed by atoms with Gasteiger partial charge >= 0.3 is 6.09 Å². The van der Waals surface area contributed by atoms with Crippen molar-refractivity contribution < 1.29 is 27.5 Å². The summed E-state index contributed by atoms with van der Waals surface area (Å²) in [5.74, 6) is -1.17.